The molecule has 3 aromatic heterocycles. The summed E-state index contributed by atoms with van der Waals surface area (Å²) in [7, 11) is 3.32. The minimum atomic E-state index is -2.74. The van der Waals surface area contributed by atoms with Gasteiger partial charge in [0, 0.05) is 45.3 Å². The number of pyridine rings is 1. The molecule has 35 heavy (non-hydrogen) atoms. The normalized spacial score (nSPS) is 23.4. The molecule has 10 nitrogen and oxygen atoms in total. The minimum Gasteiger partial charge on any atom is -0.376 e. The number of carbonyl (C=O) groups excluding carboxylic acids is 1. The van der Waals surface area contributed by atoms with Gasteiger partial charge in [0.25, 0.3) is 17.4 Å². The van der Waals surface area contributed by atoms with E-state index in [1.54, 1.807) is 32.4 Å². The molecule has 0 aliphatic heterocycles. The summed E-state index contributed by atoms with van der Waals surface area (Å²) in [5.41, 5.74) is -0.0664. The van der Waals surface area contributed by atoms with Crippen molar-refractivity contribution in [1.82, 2.24) is 24.5 Å². The Hall–Kier alpha value is -3.54. The number of methoxy groups -OCH3 is 1. The number of ether oxygens (including phenoxy) is 1. The van der Waals surface area contributed by atoms with Crippen molar-refractivity contribution in [2.45, 2.75) is 56.2 Å². The highest BCUT2D eigenvalue weighted by Crippen LogP contribution is 2.44. The molecule has 12 heteroatoms. The van der Waals surface area contributed by atoms with Crippen LogP contribution in [0.2, 0.25) is 0 Å². The van der Waals surface area contributed by atoms with Gasteiger partial charge in [-0.2, -0.15) is 9.61 Å². The number of anilines is 3. The summed E-state index contributed by atoms with van der Waals surface area (Å²) in [4.78, 5) is 30.5. The summed E-state index contributed by atoms with van der Waals surface area (Å²) in [6.45, 7) is 1.95. The standard InChI is InChI=1S/C23H27F2N7O3/c1-22(35-3)7-6-16(22)29-20(33)14-12-27-32-18(26-2)9-17(30-19(14)32)28-15-5-4-8-31(21(15)34)13-10-23(24,25)11-13/h4-5,8-9,12-13,16,26H,6-7,10-11H2,1-3H3,(H,28,30)(H,29,33)/t16-,22-/m1/s1. The number of nitrogens with zero attached hydrogens (tertiary/aromatic N) is 4. The third kappa shape index (κ3) is 4.01. The SMILES string of the molecule is CNc1cc(Nc2cccn(C3CC(F)(F)C3)c2=O)nc2c(C(=O)N[C@@H]3CC[C@@]3(C)OC)cnn12. The topological polar surface area (TPSA) is 115 Å². The first-order chi connectivity index (χ1) is 16.6. The summed E-state index contributed by atoms with van der Waals surface area (Å²) in [6.07, 6.45) is 3.90. The molecule has 2 atom stereocenters. The van der Waals surface area contributed by atoms with Gasteiger partial charge in [-0.25, -0.2) is 13.8 Å². The molecule has 0 bridgehead atoms. The zero-order valence-corrected chi connectivity index (χ0v) is 19.6. The van der Waals surface area contributed by atoms with E-state index in [2.05, 4.69) is 26.0 Å². The summed E-state index contributed by atoms with van der Waals surface area (Å²) in [5, 5.41) is 13.3. The number of hydrogen-bond acceptors (Lipinski definition) is 7. The van der Waals surface area contributed by atoms with Crippen LogP contribution in [0.5, 0.6) is 0 Å². The van der Waals surface area contributed by atoms with Crippen molar-refractivity contribution >= 4 is 28.9 Å². The van der Waals surface area contributed by atoms with E-state index in [0.29, 0.717) is 17.3 Å². The van der Waals surface area contributed by atoms with Gasteiger partial charge >= 0.3 is 0 Å². The van der Waals surface area contributed by atoms with Gasteiger partial charge in [-0.3, -0.25) is 9.59 Å². The van der Waals surface area contributed by atoms with E-state index in [9.17, 15) is 18.4 Å². The number of carbonyl (C=O) groups is 1. The lowest BCUT2D eigenvalue weighted by atomic mass is 9.76. The van der Waals surface area contributed by atoms with Crippen molar-refractivity contribution in [2.75, 3.05) is 24.8 Å². The molecule has 3 heterocycles. The van der Waals surface area contributed by atoms with Crippen LogP contribution in [0.25, 0.3) is 5.65 Å². The van der Waals surface area contributed by atoms with Crippen molar-refractivity contribution in [3.05, 3.63) is 46.5 Å². The van der Waals surface area contributed by atoms with Crippen molar-refractivity contribution in [3.63, 3.8) is 0 Å². The van der Waals surface area contributed by atoms with Crippen molar-refractivity contribution in [2.24, 2.45) is 0 Å². The molecule has 2 aliphatic carbocycles. The molecule has 186 valence electrons. The third-order valence-corrected chi connectivity index (χ3v) is 7.11. The fourth-order valence-electron chi connectivity index (χ4n) is 4.62. The minimum absolute atomic E-state index is 0.123. The zero-order chi connectivity index (χ0) is 25.0. The molecule has 5 rings (SSSR count). The monoisotopic (exact) mass is 487 g/mol. The second kappa shape index (κ2) is 8.29. The smallest absolute Gasteiger partial charge is 0.274 e. The Morgan fingerprint density at radius 2 is 2.09 bits per heavy atom. The second-order valence-electron chi connectivity index (χ2n) is 9.33. The molecule has 0 radical (unpaired) electrons. The maximum Gasteiger partial charge on any atom is 0.274 e. The van der Waals surface area contributed by atoms with Crippen LogP contribution < -0.4 is 21.5 Å². The van der Waals surface area contributed by atoms with Crippen LogP contribution in [0.4, 0.5) is 26.1 Å². The molecule has 0 spiro atoms. The van der Waals surface area contributed by atoms with Gasteiger partial charge in [-0.05, 0) is 31.9 Å². The number of halogens is 2. The van der Waals surface area contributed by atoms with E-state index in [1.807, 2.05) is 6.92 Å². The van der Waals surface area contributed by atoms with E-state index >= 15 is 0 Å². The Kier molecular flexibility index (Phi) is 5.50. The highest BCUT2D eigenvalue weighted by atomic mass is 19.3. The first-order valence-corrected chi connectivity index (χ1v) is 11.4. The fraction of sp³-hybridized carbons (Fsp3) is 0.478. The first-order valence-electron chi connectivity index (χ1n) is 11.4. The quantitative estimate of drug-likeness (QED) is 0.469. The van der Waals surface area contributed by atoms with Gasteiger partial charge in [0.1, 0.15) is 22.9 Å². The van der Waals surface area contributed by atoms with Crippen LogP contribution in [0, 0.1) is 0 Å². The summed E-state index contributed by atoms with van der Waals surface area (Å²) < 4.78 is 35.0. The summed E-state index contributed by atoms with van der Waals surface area (Å²) in [5.74, 6) is -2.22. The van der Waals surface area contributed by atoms with E-state index < -0.39 is 23.1 Å². The average Bonchev–Trinajstić information content (AvgIpc) is 3.24. The van der Waals surface area contributed by atoms with Gasteiger partial charge in [0.15, 0.2) is 5.65 Å². The lowest BCUT2D eigenvalue weighted by Gasteiger charge is -2.45. The maximum absolute atomic E-state index is 13.3. The van der Waals surface area contributed by atoms with Crippen LogP contribution in [-0.4, -0.2) is 56.8 Å². The third-order valence-electron chi connectivity index (χ3n) is 7.11. The highest BCUT2D eigenvalue weighted by molar-refractivity contribution is 6.00. The molecule has 2 aliphatic rings. The molecule has 0 unspecified atom stereocenters. The molecule has 3 aromatic rings. The number of rotatable bonds is 7. The summed E-state index contributed by atoms with van der Waals surface area (Å²) in [6, 6.07) is 4.16. The number of nitrogens with one attached hydrogen (secondary N) is 3. The lowest BCUT2D eigenvalue weighted by Crippen LogP contribution is -2.59. The highest BCUT2D eigenvalue weighted by Gasteiger charge is 2.46. The largest absolute Gasteiger partial charge is 0.376 e. The molecule has 0 aromatic carbocycles. The lowest BCUT2D eigenvalue weighted by molar-refractivity contribution is -0.104. The first kappa shape index (κ1) is 23.2. The van der Waals surface area contributed by atoms with Crippen molar-refractivity contribution < 1.29 is 18.3 Å². The molecular formula is C23H27F2N7O3. The predicted molar refractivity (Wildman–Crippen MR) is 126 cm³/mol. The average molecular weight is 488 g/mol. The number of fused-ring (bicyclic) bond motifs is 1. The van der Waals surface area contributed by atoms with E-state index in [1.165, 1.54) is 21.5 Å². The van der Waals surface area contributed by atoms with Crippen LogP contribution in [0.3, 0.4) is 0 Å². The van der Waals surface area contributed by atoms with E-state index in [-0.39, 0.29) is 36.0 Å². The molecule has 2 fully saturated rings. The van der Waals surface area contributed by atoms with Crippen LogP contribution in [-0.2, 0) is 4.74 Å². The number of alkyl halides is 2. The Balaban J connectivity index is 1.44. The molecule has 1 amide bonds. The Labute approximate surface area is 199 Å². The zero-order valence-electron chi connectivity index (χ0n) is 19.6. The van der Waals surface area contributed by atoms with Crippen LogP contribution in [0.15, 0.2) is 35.4 Å². The Morgan fingerprint density at radius 1 is 1.31 bits per heavy atom. The van der Waals surface area contributed by atoms with Crippen LogP contribution in [0.1, 0.15) is 49.0 Å². The predicted octanol–water partition coefficient (Wildman–Crippen LogP) is 2.94. The van der Waals surface area contributed by atoms with Crippen molar-refractivity contribution in [3.8, 4) is 0 Å². The van der Waals surface area contributed by atoms with Gasteiger partial charge in [-0.15, -0.1) is 0 Å². The van der Waals surface area contributed by atoms with Gasteiger partial charge in [0.2, 0.25) is 0 Å². The van der Waals surface area contributed by atoms with Crippen LogP contribution >= 0.6 is 0 Å². The molecular weight excluding hydrogens is 460 g/mol. The number of aromatic nitrogens is 4. The van der Waals surface area contributed by atoms with Gasteiger partial charge in [-0.1, -0.05) is 0 Å². The van der Waals surface area contributed by atoms with E-state index in [0.717, 1.165) is 12.8 Å². The summed E-state index contributed by atoms with van der Waals surface area (Å²) >= 11 is 0. The maximum atomic E-state index is 13.3. The second-order valence-corrected chi connectivity index (χ2v) is 9.33. The van der Waals surface area contributed by atoms with Crippen molar-refractivity contribution in [1.29, 1.82) is 0 Å². The molecule has 2 saturated carbocycles. The Bertz CT molecular complexity index is 1340. The number of amides is 1. The van der Waals surface area contributed by atoms with E-state index in [4.69, 9.17) is 4.74 Å². The van der Waals surface area contributed by atoms with Gasteiger partial charge in [0.05, 0.1) is 17.8 Å². The van der Waals surface area contributed by atoms with Gasteiger partial charge < -0.3 is 25.3 Å². The molecule has 3 N–H and O–H groups in total. The fourth-order valence-corrected chi connectivity index (χ4v) is 4.62. The molecule has 0 saturated heterocycles. The Morgan fingerprint density at radius 3 is 2.71 bits per heavy atom. The number of hydrogen-bond donors (Lipinski definition) is 3.